The zero-order valence-electron chi connectivity index (χ0n) is 30.7. The minimum atomic E-state index is -1.82. The second kappa shape index (κ2) is 17.1. The zero-order valence-corrected chi connectivity index (χ0v) is 31.5. The van der Waals surface area contributed by atoms with Crippen molar-refractivity contribution < 1.29 is 37.7 Å². The first-order valence-electron chi connectivity index (χ1n) is 17.6. The summed E-state index contributed by atoms with van der Waals surface area (Å²) in [6.07, 6.45) is 2.27. The lowest BCUT2D eigenvalue weighted by molar-refractivity contribution is -0.158. The predicted molar refractivity (Wildman–Crippen MR) is 204 cm³/mol. The van der Waals surface area contributed by atoms with Crippen LogP contribution in [0.1, 0.15) is 44.5 Å². The van der Waals surface area contributed by atoms with E-state index in [1.807, 2.05) is 26.0 Å². The molecule has 6 rings (SSSR count). The lowest BCUT2D eigenvalue weighted by atomic mass is 9.97. The number of halogens is 1. The van der Waals surface area contributed by atoms with Crippen LogP contribution in [0, 0.1) is 27.7 Å². The Morgan fingerprint density at radius 3 is 1.45 bits per heavy atom. The number of aliphatic carboxylic acids is 1. The van der Waals surface area contributed by atoms with Gasteiger partial charge in [0.2, 0.25) is 0 Å². The first-order chi connectivity index (χ1) is 25.0. The van der Waals surface area contributed by atoms with Crippen LogP contribution in [0.5, 0.6) is 11.5 Å². The highest BCUT2D eigenvalue weighted by Crippen LogP contribution is 2.38. The van der Waals surface area contributed by atoms with Crippen molar-refractivity contribution >= 4 is 40.3 Å². The smallest absolute Gasteiger partial charge is 0.387 e. The van der Waals surface area contributed by atoms with Gasteiger partial charge in [-0.1, -0.05) is 12.2 Å². The van der Waals surface area contributed by atoms with Gasteiger partial charge in [0.1, 0.15) is 22.7 Å². The maximum Gasteiger partial charge on any atom is 0.387 e. The molecule has 4 heterocycles. The number of hydrogen-bond donors (Lipinski definition) is 1. The van der Waals surface area contributed by atoms with Gasteiger partial charge in [0, 0.05) is 61.2 Å². The number of carboxylic acids is 1. The Hall–Kier alpha value is -4.46. The fraction of sp³-hybridized carbons (Fsp3) is 0.425. The van der Waals surface area contributed by atoms with Crippen molar-refractivity contribution in [2.75, 3.05) is 52.6 Å². The summed E-state index contributed by atoms with van der Waals surface area (Å²) >= 11 is 0. The Labute approximate surface area is 314 Å². The number of aryl methyl sites for hydroxylation is 4. The van der Waals surface area contributed by atoms with E-state index in [2.05, 4.69) is 23.0 Å². The van der Waals surface area contributed by atoms with Gasteiger partial charge in [-0.25, -0.2) is 14.4 Å². The van der Waals surface area contributed by atoms with Crippen LogP contribution in [-0.4, -0.2) is 79.8 Å². The molecule has 2 aliphatic rings. The largest absolute Gasteiger partial charge is 0.476 e. The minimum absolute atomic E-state index is 0. The number of fused-ring (bicyclic) bond motifs is 2. The highest BCUT2D eigenvalue weighted by Gasteiger charge is 2.29. The van der Waals surface area contributed by atoms with Gasteiger partial charge in [0.25, 0.3) is 0 Å². The van der Waals surface area contributed by atoms with Gasteiger partial charge in [0.05, 0.1) is 37.6 Å². The molecule has 0 radical (unpaired) electrons. The second-order valence-corrected chi connectivity index (χ2v) is 13.4. The molecule has 1 N–H and O–H groups in total. The van der Waals surface area contributed by atoms with Crippen LogP contribution in [0.25, 0.3) is 21.9 Å². The molecule has 0 unspecified atom stereocenters. The van der Waals surface area contributed by atoms with E-state index < -0.39 is 23.5 Å². The maximum absolute atomic E-state index is 13.3. The molecule has 0 atom stereocenters. The molecular weight excluding hydrogens is 704 g/mol. The number of benzene rings is 2. The van der Waals surface area contributed by atoms with Crippen molar-refractivity contribution in [2.24, 2.45) is 0 Å². The average molecular weight is 751 g/mol. The van der Waals surface area contributed by atoms with Gasteiger partial charge >= 0.3 is 23.5 Å². The summed E-state index contributed by atoms with van der Waals surface area (Å²) in [6, 6.07) is 3.71. The summed E-state index contributed by atoms with van der Waals surface area (Å²) in [7, 11) is 0. The highest BCUT2D eigenvalue weighted by atomic mass is 35.5. The summed E-state index contributed by atoms with van der Waals surface area (Å²) in [5.74, 6) is -0.964. The Balaban J connectivity index is 0.00000541. The van der Waals surface area contributed by atoms with Crippen LogP contribution >= 0.6 is 12.4 Å². The standard InChI is InChI=1S/C40H46N2O10.ClH/c1-7-9-27-19-29-23(3)31(21-41-11-15-47-16-12-41)38(45)49-35(29)25(5)33(27)51-40(37(43)44)52-34-26(6)36-30(20-28(34)10-8-2)24(4)32(39(46)50-36)22-42-13-17-48-18-14-42;/h7-8,19-20,40H,1-2,9-18,21-22H2,3-6H3,(H,43,44);1H. The Morgan fingerprint density at radius 1 is 0.736 bits per heavy atom. The van der Waals surface area contributed by atoms with Crippen LogP contribution in [0.15, 0.2) is 55.9 Å². The second-order valence-electron chi connectivity index (χ2n) is 13.4. The van der Waals surface area contributed by atoms with Crippen LogP contribution in [0.3, 0.4) is 0 Å². The van der Waals surface area contributed by atoms with Gasteiger partial charge in [-0.3, -0.25) is 9.80 Å². The summed E-state index contributed by atoms with van der Waals surface area (Å²) in [5, 5.41) is 11.9. The van der Waals surface area contributed by atoms with Crippen LogP contribution < -0.4 is 20.7 Å². The van der Waals surface area contributed by atoms with Crippen molar-refractivity contribution in [3.8, 4) is 11.5 Å². The van der Waals surface area contributed by atoms with Crippen molar-refractivity contribution in [3.05, 3.63) is 103 Å². The Kier molecular flexibility index (Phi) is 12.8. The van der Waals surface area contributed by atoms with E-state index in [-0.39, 0.29) is 23.9 Å². The van der Waals surface area contributed by atoms with Gasteiger partial charge in [0.15, 0.2) is 0 Å². The molecule has 2 aliphatic heterocycles. The van der Waals surface area contributed by atoms with Gasteiger partial charge in [-0.15, -0.1) is 25.6 Å². The number of ether oxygens (including phenoxy) is 4. The molecule has 0 saturated carbocycles. The van der Waals surface area contributed by atoms with E-state index in [0.29, 0.717) is 123 Å². The number of allylic oxidation sites excluding steroid dienone is 2. The van der Waals surface area contributed by atoms with Gasteiger partial charge in [-0.2, -0.15) is 0 Å². The molecule has 2 fully saturated rings. The molecule has 2 aromatic carbocycles. The molecule has 284 valence electrons. The molecule has 13 heteroatoms. The van der Waals surface area contributed by atoms with Crippen LogP contribution in [-0.2, 0) is 40.2 Å². The minimum Gasteiger partial charge on any atom is -0.476 e. The first kappa shape index (κ1) is 39.7. The third-order valence-corrected chi connectivity index (χ3v) is 10.0. The highest BCUT2D eigenvalue weighted by molar-refractivity contribution is 5.88. The van der Waals surface area contributed by atoms with E-state index >= 15 is 0 Å². The third-order valence-electron chi connectivity index (χ3n) is 10.0. The molecule has 0 spiro atoms. The predicted octanol–water partition coefficient (Wildman–Crippen LogP) is 5.54. The van der Waals surface area contributed by atoms with Crippen LogP contribution in [0.4, 0.5) is 0 Å². The lowest BCUT2D eigenvalue weighted by Gasteiger charge is -2.27. The van der Waals surface area contributed by atoms with Crippen molar-refractivity contribution in [2.45, 2.75) is 59.9 Å². The van der Waals surface area contributed by atoms with Crippen LogP contribution in [0.2, 0.25) is 0 Å². The molecule has 2 saturated heterocycles. The lowest BCUT2D eigenvalue weighted by Crippen LogP contribution is -2.37. The fourth-order valence-corrected chi connectivity index (χ4v) is 7.08. The zero-order chi connectivity index (χ0) is 37.1. The number of morpholine rings is 2. The molecule has 0 aliphatic carbocycles. The van der Waals surface area contributed by atoms with E-state index in [4.69, 9.17) is 27.8 Å². The quantitative estimate of drug-likeness (QED) is 0.104. The summed E-state index contributed by atoms with van der Waals surface area (Å²) in [4.78, 5) is 43.8. The molecular formula is C40H47ClN2O10. The normalized spacial score (nSPS) is 15.4. The maximum atomic E-state index is 13.3. The average Bonchev–Trinajstić information content (AvgIpc) is 3.13. The number of rotatable bonds is 13. The van der Waals surface area contributed by atoms with E-state index in [1.165, 1.54) is 0 Å². The number of nitrogens with zero attached hydrogens (tertiary/aromatic N) is 2. The third kappa shape index (κ3) is 8.22. The van der Waals surface area contributed by atoms with E-state index in [0.717, 1.165) is 21.9 Å². The number of carboxylic acid groups (broad SMARTS) is 1. The Bertz CT molecular complexity index is 2000. The van der Waals surface area contributed by atoms with Crippen molar-refractivity contribution in [3.63, 3.8) is 0 Å². The number of carbonyl (C=O) groups is 1. The van der Waals surface area contributed by atoms with Gasteiger partial charge in [-0.05, 0) is 74.9 Å². The Morgan fingerprint density at radius 2 is 1.11 bits per heavy atom. The monoisotopic (exact) mass is 750 g/mol. The molecule has 0 bridgehead atoms. The molecule has 2 aromatic heterocycles. The fourth-order valence-electron chi connectivity index (χ4n) is 7.08. The molecule has 12 nitrogen and oxygen atoms in total. The van der Waals surface area contributed by atoms with Crippen molar-refractivity contribution in [1.82, 2.24) is 9.80 Å². The summed E-state index contributed by atoms with van der Waals surface area (Å²) < 4.78 is 35.1. The molecule has 0 amide bonds. The SMILES string of the molecule is C=CCc1cc2c(C)c(CN3CCOCC3)c(=O)oc2c(C)c1OC(Oc1c(CC=C)cc2c(C)c(CN3CCOCC3)c(=O)oc2c1C)C(=O)O.Cl. The van der Waals surface area contributed by atoms with Crippen molar-refractivity contribution in [1.29, 1.82) is 0 Å². The summed E-state index contributed by atoms with van der Waals surface area (Å²) in [6.45, 7) is 21.2. The van der Waals surface area contributed by atoms with E-state index in [9.17, 15) is 19.5 Å². The van der Waals surface area contributed by atoms with E-state index in [1.54, 1.807) is 26.0 Å². The molecule has 4 aromatic rings. The molecule has 53 heavy (non-hydrogen) atoms. The topological polar surface area (TPSA) is 141 Å². The first-order valence-corrected chi connectivity index (χ1v) is 17.6. The van der Waals surface area contributed by atoms with Gasteiger partial charge < -0.3 is 32.9 Å². The summed E-state index contributed by atoms with van der Waals surface area (Å²) in [5.41, 5.74) is 4.61. The number of hydrogen-bond acceptors (Lipinski definition) is 11.